The van der Waals surface area contributed by atoms with Gasteiger partial charge in [0.25, 0.3) is 0 Å². The van der Waals surface area contributed by atoms with Gasteiger partial charge in [-0.15, -0.1) is 5.54 Å². The minimum absolute atomic E-state index is 0. The van der Waals surface area contributed by atoms with Gasteiger partial charge in [0.15, 0.2) is 0 Å². The van der Waals surface area contributed by atoms with Crippen molar-refractivity contribution >= 4 is 17.5 Å². The normalized spacial score (nSPS) is 30.4. The van der Waals surface area contributed by atoms with Gasteiger partial charge in [-0.1, -0.05) is 74.8 Å². The average molecular weight is 454 g/mol. The van der Waals surface area contributed by atoms with Crippen LogP contribution in [0.4, 0.5) is 0 Å². The molecule has 0 aromatic heterocycles. The minimum atomic E-state index is -1.76. The molecule has 0 N–H and O–H groups in total. The van der Waals surface area contributed by atoms with Gasteiger partial charge in [-0.05, 0) is 44.4 Å². The van der Waals surface area contributed by atoms with Crippen molar-refractivity contribution in [1.82, 2.24) is 0 Å². The van der Waals surface area contributed by atoms with Crippen molar-refractivity contribution in [3.05, 3.63) is 19.8 Å². The van der Waals surface area contributed by atoms with Gasteiger partial charge in [-0.2, -0.15) is 0 Å². The van der Waals surface area contributed by atoms with Crippen LogP contribution < -0.4 is 0 Å². The fourth-order valence-corrected chi connectivity index (χ4v) is 10.4. The molecule has 162 valence electrons. The summed E-state index contributed by atoms with van der Waals surface area (Å²) in [6.45, 7) is 26.5. The molecular weight excluding hydrogens is 406 g/mol. The predicted octanol–water partition coefficient (Wildman–Crippen LogP) is 8.06. The van der Waals surface area contributed by atoms with Gasteiger partial charge in [0.1, 0.15) is 0 Å². The number of hydrogen-bond donors (Lipinski definition) is 0. The van der Waals surface area contributed by atoms with Crippen molar-refractivity contribution in [2.75, 3.05) is 6.61 Å². The van der Waals surface area contributed by atoms with Crippen LogP contribution in [0.3, 0.4) is 0 Å². The van der Waals surface area contributed by atoms with Crippen LogP contribution in [0, 0.1) is 38.5 Å². The first kappa shape index (κ1) is 32.8. The average Bonchev–Trinajstić information content (AvgIpc) is 2.62. The van der Waals surface area contributed by atoms with Crippen LogP contribution in [0.5, 0.6) is 0 Å². The number of nitrogens with zero attached hydrogens (tertiary/aromatic N) is 1. The summed E-state index contributed by atoms with van der Waals surface area (Å²) in [5, 5.41) is 0. The standard InChI is InChI=1S/C20H42NOSi.2CH3.ClH.Ti/c1-14-15(2)17(4)18(16(14)3)23(11,21-19(5,6)7)13-12-22-20(8,9)10;;;;/h14-18H,12-13H2,1-11H3;2*1H3;1H;/q3*-1;;+4/p-1/t14-,15?,16-,17?,18?,23+;;;;/m1..../s1. The Morgan fingerprint density at radius 1 is 0.852 bits per heavy atom. The van der Waals surface area contributed by atoms with Crippen LogP contribution in [0.25, 0.3) is 4.98 Å². The Bertz CT molecular complexity index is 383. The Kier molecular flexibility index (Phi) is 15.5. The molecule has 2 nitrogen and oxygen atoms in total. The molecule has 0 bridgehead atoms. The third kappa shape index (κ3) is 10.1. The molecule has 0 saturated heterocycles. The molecule has 0 spiro atoms. The number of rotatable bonds is 5. The summed E-state index contributed by atoms with van der Waals surface area (Å²) in [4.78, 5) is 5.47. The van der Waals surface area contributed by atoms with Crippen molar-refractivity contribution in [2.24, 2.45) is 23.7 Å². The molecule has 1 aliphatic rings. The third-order valence-corrected chi connectivity index (χ3v) is 11.0. The van der Waals surface area contributed by atoms with Crippen molar-refractivity contribution < 1.29 is 24.1 Å². The summed E-state index contributed by atoms with van der Waals surface area (Å²) in [5.41, 5.74) is 0.775. The number of ether oxygens (including phenoxy) is 1. The summed E-state index contributed by atoms with van der Waals surface area (Å²) >= 11 is 1.47. The fraction of sp³-hybridized carbons (Fsp3) is 0.909. The van der Waals surface area contributed by atoms with Gasteiger partial charge in [0, 0.05) is 6.61 Å². The van der Waals surface area contributed by atoms with Crippen LogP contribution >= 0.6 is 9.30 Å². The molecule has 1 fully saturated rings. The van der Waals surface area contributed by atoms with Crippen LogP contribution in [0.2, 0.25) is 18.1 Å². The summed E-state index contributed by atoms with van der Waals surface area (Å²) in [7, 11) is 2.88. The van der Waals surface area contributed by atoms with E-state index in [0.29, 0.717) is 0 Å². The van der Waals surface area contributed by atoms with E-state index in [1.54, 1.807) is 0 Å². The van der Waals surface area contributed by atoms with Gasteiger partial charge in [-0.3, -0.25) is 0 Å². The first-order valence-electron chi connectivity index (χ1n) is 9.75. The van der Waals surface area contributed by atoms with Crippen molar-refractivity contribution in [2.45, 2.75) is 98.5 Å². The van der Waals surface area contributed by atoms with Crippen LogP contribution in [0.1, 0.15) is 69.2 Å². The summed E-state index contributed by atoms with van der Waals surface area (Å²) < 4.78 is 6.10. The van der Waals surface area contributed by atoms with Crippen LogP contribution in [-0.2, 0) is 24.1 Å². The van der Waals surface area contributed by atoms with Crippen molar-refractivity contribution in [3.8, 4) is 0 Å². The van der Waals surface area contributed by atoms with Crippen LogP contribution in [0.15, 0.2) is 0 Å². The zero-order valence-electron chi connectivity index (χ0n) is 20.5. The molecule has 0 aliphatic heterocycles. The molecule has 0 heterocycles. The van der Waals surface area contributed by atoms with E-state index in [-0.39, 0.29) is 26.0 Å². The van der Waals surface area contributed by atoms with E-state index in [1.807, 2.05) is 0 Å². The van der Waals surface area contributed by atoms with Gasteiger partial charge in [-0.25, -0.2) is 0 Å². The van der Waals surface area contributed by atoms with Crippen molar-refractivity contribution in [1.29, 1.82) is 0 Å². The first-order valence-corrected chi connectivity index (χ1v) is 14.6. The van der Waals surface area contributed by atoms with E-state index < -0.39 is 8.24 Å². The quantitative estimate of drug-likeness (QED) is 0.305. The van der Waals surface area contributed by atoms with E-state index in [1.165, 1.54) is 19.4 Å². The molecule has 1 rings (SSSR count). The Balaban J connectivity index is -0.00000139. The van der Waals surface area contributed by atoms with E-state index >= 15 is 0 Å². The first-order chi connectivity index (χ1) is 11.2. The zero-order chi connectivity index (χ0) is 20.2. The summed E-state index contributed by atoms with van der Waals surface area (Å²) in [5.74, 6) is 3.16. The third-order valence-electron chi connectivity index (χ3n) is 6.07. The van der Waals surface area contributed by atoms with E-state index in [9.17, 15) is 0 Å². The molecule has 3 unspecified atom stereocenters. The van der Waals surface area contributed by atoms with Crippen LogP contribution in [-0.4, -0.2) is 26.0 Å². The molecule has 0 radical (unpaired) electrons. The Labute approximate surface area is 189 Å². The maximum atomic E-state index is 6.10. The molecule has 0 aromatic rings. The second-order valence-electron chi connectivity index (χ2n) is 10.3. The summed E-state index contributed by atoms with van der Waals surface area (Å²) in [6.07, 6.45) is 0. The van der Waals surface area contributed by atoms with Gasteiger partial charge in [0.2, 0.25) is 0 Å². The molecule has 6 atom stereocenters. The number of hydrogen-bond acceptors (Lipinski definition) is 1. The predicted molar refractivity (Wildman–Crippen MR) is 124 cm³/mol. The second-order valence-corrected chi connectivity index (χ2v) is 14.4. The molecule has 0 aromatic carbocycles. The SMILES string of the molecule is CC1C(C)[C@@H](C)[C@@H](C)C1[Si@](C)(CCOC(C)(C)C)[N-]C(C)(C)C.[CH3-].[CH3-].[Cl][Ti+3]. The number of halogens is 1. The maximum absolute atomic E-state index is 6.10. The molecule has 27 heavy (non-hydrogen) atoms. The monoisotopic (exact) mass is 453 g/mol. The molecule has 5 heteroatoms. The van der Waals surface area contributed by atoms with Gasteiger partial charge >= 0.3 is 28.7 Å². The fourth-order valence-electron chi connectivity index (χ4n) is 4.85. The molecule has 0 amide bonds. The molecular formula is C22H48ClNOSiTi. The Morgan fingerprint density at radius 2 is 1.22 bits per heavy atom. The second kappa shape index (κ2) is 12.7. The van der Waals surface area contributed by atoms with E-state index in [2.05, 4.69) is 85.1 Å². The molecule has 1 aliphatic carbocycles. The van der Waals surface area contributed by atoms with E-state index in [0.717, 1.165) is 41.9 Å². The zero-order valence-corrected chi connectivity index (χ0v) is 23.9. The van der Waals surface area contributed by atoms with Gasteiger partial charge < -0.3 is 24.6 Å². The van der Waals surface area contributed by atoms with Crippen molar-refractivity contribution in [3.63, 3.8) is 0 Å². The summed E-state index contributed by atoms with van der Waals surface area (Å²) in [6, 6.07) is 1.15. The molecule has 1 saturated carbocycles. The van der Waals surface area contributed by atoms with E-state index in [4.69, 9.17) is 9.72 Å². The van der Waals surface area contributed by atoms with Gasteiger partial charge in [0.05, 0.1) is 5.60 Å². The topological polar surface area (TPSA) is 23.3 Å². The Hall–Kier alpha value is 1.14. The Morgan fingerprint density at radius 3 is 1.52 bits per heavy atom.